The molecular formula is C12H18N4O. The van der Waals surface area contributed by atoms with E-state index in [2.05, 4.69) is 29.3 Å². The minimum Gasteiger partial charge on any atom is -0.331 e. The smallest absolute Gasteiger partial charge is 0.276 e. The Kier molecular flexibility index (Phi) is 2.24. The highest BCUT2D eigenvalue weighted by atomic mass is 16.2. The van der Waals surface area contributed by atoms with Gasteiger partial charge in [0.1, 0.15) is 0 Å². The first-order chi connectivity index (χ1) is 8.07. The fourth-order valence-electron chi connectivity index (χ4n) is 3.49. The second-order valence-electron chi connectivity index (χ2n) is 6.03. The van der Waals surface area contributed by atoms with Gasteiger partial charge in [-0.25, -0.2) is 0 Å². The van der Waals surface area contributed by atoms with Crippen molar-refractivity contribution in [1.29, 1.82) is 0 Å². The average Bonchev–Trinajstić information content (AvgIpc) is 2.84. The molecule has 1 aromatic rings. The number of amides is 1. The summed E-state index contributed by atoms with van der Waals surface area (Å²) >= 11 is 0. The third-order valence-corrected chi connectivity index (χ3v) is 4.06. The lowest BCUT2D eigenvalue weighted by Crippen LogP contribution is -2.48. The zero-order valence-corrected chi connectivity index (χ0v) is 10.3. The number of carbonyl (C=O) groups is 1. The predicted octanol–water partition coefficient (Wildman–Crippen LogP) is 1.60. The topological polar surface area (TPSA) is 61.9 Å². The van der Waals surface area contributed by atoms with Crippen molar-refractivity contribution in [2.75, 3.05) is 0 Å². The molecule has 3 rings (SSSR count). The summed E-state index contributed by atoms with van der Waals surface area (Å²) in [6.45, 7) is 4.60. The van der Waals surface area contributed by atoms with Gasteiger partial charge in [-0.1, -0.05) is 13.8 Å². The molecule has 0 radical (unpaired) electrons. The molecule has 3 heterocycles. The van der Waals surface area contributed by atoms with Gasteiger partial charge in [0.2, 0.25) is 0 Å². The molecular weight excluding hydrogens is 216 g/mol. The molecule has 2 saturated heterocycles. The first-order valence-corrected chi connectivity index (χ1v) is 6.25. The number of nitrogens with zero attached hydrogens (tertiary/aromatic N) is 3. The molecule has 2 aliphatic rings. The molecule has 2 bridgehead atoms. The number of rotatable bonds is 1. The van der Waals surface area contributed by atoms with Gasteiger partial charge < -0.3 is 4.90 Å². The van der Waals surface area contributed by atoms with Crippen molar-refractivity contribution in [3.8, 4) is 0 Å². The lowest BCUT2D eigenvalue weighted by atomic mass is 9.78. The van der Waals surface area contributed by atoms with E-state index in [1.54, 1.807) is 0 Å². The number of carbonyl (C=O) groups excluding carboxylic acids is 1. The van der Waals surface area contributed by atoms with Gasteiger partial charge in [0, 0.05) is 12.1 Å². The first-order valence-electron chi connectivity index (χ1n) is 6.25. The molecule has 5 heteroatoms. The van der Waals surface area contributed by atoms with Crippen LogP contribution in [-0.2, 0) is 0 Å². The summed E-state index contributed by atoms with van der Waals surface area (Å²) in [5, 5.41) is 10.1. The van der Waals surface area contributed by atoms with Crippen LogP contribution >= 0.6 is 0 Å². The largest absolute Gasteiger partial charge is 0.331 e. The van der Waals surface area contributed by atoms with Crippen LogP contribution in [0.15, 0.2) is 6.20 Å². The van der Waals surface area contributed by atoms with Crippen molar-refractivity contribution >= 4 is 5.91 Å². The summed E-state index contributed by atoms with van der Waals surface area (Å²) in [6, 6.07) is 0.792. The van der Waals surface area contributed by atoms with E-state index in [0.717, 1.165) is 25.7 Å². The maximum absolute atomic E-state index is 12.3. The van der Waals surface area contributed by atoms with Gasteiger partial charge in [0.05, 0.1) is 6.20 Å². The highest BCUT2D eigenvalue weighted by Gasteiger charge is 2.46. The second kappa shape index (κ2) is 3.55. The van der Waals surface area contributed by atoms with E-state index >= 15 is 0 Å². The Morgan fingerprint density at radius 3 is 2.59 bits per heavy atom. The molecule has 0 aliphatic carbocycles. The summed E-state index contributed by atoms with van der Waals surface area (Å²) in [5.74, 6) is 0.0433. The number of hydrogen-bond acceptors (Lipinski definition) is 3. The lowest BCUT2D eigenvalue weighted by molar-refractivity contribution is 0.0396. The van der Waals surface area contributed by atoms with Gasteiger partial charge >= 0.3 is 0 Å². The molecule has 2 unspecified atom stereocenters. The fraction of sp³-hybridized carbons (Fsp3) is 0.750. The van der Waals surface area contributed by atoms with Crippen LogP contribution in [0.3, 0.4) is 0 Å². The van der Waals surface area contributed by atoms with Crippen molar-refractivity contribution in [3.05, 3.63) is 11.9 Å². The molecule has 0 saturated carbocycles. The number of aromatic amines is 1. The fourth-order valence-corrected chi connectivity index (χ4v) is 3.49. The van der Waals surface area contributed by atoms with Crippen molar-refractivity contribution in [1.82, 2.24) is 20.3 Å². The molecule has 0 aromatic carbocycles. The van der Waals surface area contributed by atoms with Crippen LogP contribution in [0.2, 0.25) is 0 Å². The Morgan fingerprint density at radius 1 is 1.41 bits per heavy atom. The number of piperidine rings is 1. The average molecular weight is 234 g/mol. The quantitative estimate of drug-likeness (QED) is 0.802. The van der Waals surface area contributed by atoms with Gasteiger partial charge in [0.15, 0.2) is 5.69 Å². The predicted molar refractivity (Wildman–Crippen MR) is 62.4 cm³/mol. The normalized spacial score (nSPS) is 30.6. The van der Waals surface area contributed by atoms with Gasteiger partial charge in [-0.2, -0.15) is 15.4 Å². The second-order valence-corrected chi connectivity index (χ2v) is 6.03. The van der Waals surface area contributed by atoms with Crippen LogP contribution in [0.25, 0.3) is 0 Å². The molecule has 5 nitrogen and oxygen atoms in total. The maximum atomic E-state index is 12.3. The molecule has 1 N–H and O–H groups in total. The van der Waals surface area contributed by atoms with Crippen LogP contribution in [0.1, 0.15) is 50.0 Å². The van der Waals surface area contributed by atoms with Gasteiger partial charge in [-0.05, 0) is 31.1 Å². The Labute approximate surface area is 101 Å². The Hall–Kier alpha value is -1.39. The van der Waals surface area contributed by atoms with Crippen LogP contribution < -0.4 is 0 Å². The number of nitrogens with one attached hydrogen (secondary N) is 1. The Morgan fingerprint density at radius 2 is 2.06 bits per heavy atom. The minimum absolute atomic E-state index is 0.0433. The number of aromatic nitrogens is 3. The van der Waals surface area contributed by atoms with E-state index in [9.17, 15) is 4.79 Å². The van der Waals surface area contributed by atoms with Crippen LogP contribution in [0.5, 0.6) is 0 Å². The highest BCUT2D eigenvalue weighted by molar-refractivity contribution is 5.92. The molecule has 2 fully saturated rings. The third kappa shape index (κ3) is 1.73. The lowest BCUT2D eigenvalue weighted by Gasteiger charge is -2.42. The SMILES string of the molecule is CC1(C)CC2CCC(C1)N2C(=O)c1cn[nH]n1. The van der Waals surface area contributed by atoms with Crippen LogP contribution in [0, 0.1) is 5.41 Å². The minimum atomic E-state index is 0.0433. The van der Waals surface area contributed by atoms with E-state index in [1.807, 2.05) is 4.90 Å². The zero-order valence-electron chi connectivity index (χ0n) is 10.3. The summed E-state index contributed by atoms with van der Waals surface area (Å²) in [5.41, 5.74) is 0.813. The first kappa shape index (κ1) is 10.7. The molecule has 1 amide bonds. The van der Waals surface area contributed by atoms with E-state index in [1.165, 1.54) is 6.20 Å². The van der Waals surface area contributed by atoms with E-state index in [-0.39, 0.29) is 5.91 Å². The van der Waals surface area contributed by atoms with Crippen molar-refractivity contribution in [2.45, 2.75) is 51.6 Å². The van der Waals surface area contributed by atoms with E-state index in [0.29, 0.717) is 23.2 Å². The Balaban J connectivity index is 1.84. The molecule has 92 valence electrons. The molecule has 17 heavy (non-hydrogen) atoms. The summed E-state index contributed by atoms with van der Waals surface area (Å²) < 4.78 is 0. The monoisotopic (exact) mass is 234 g/mol. The molecule has 2 atom stereocenters. The highest BCUT2D eigenvalue weighted by Crippen LogP contribution is 2.45. The van der Waals surface area contributed by atoms with Crippen LogP contribution in [0.4, 0.5) is 0 Å². The van der Waals surface area contributed by atoms with Gasteiger partial charge in [-0.3, -0.25) is 4.79 Å². The summed E-state index contributed by atoms with van der Waals surface area (Å²) in [7, 11) is 0. The molecule has 2 aliphatic heterocycles. The molecule has 1 aromatic heterocycles. The summed E-state index contributed by atoms with van der Waals surface area (Å²) in [4.78, 5) is 14.4. The standard InChI is InChI=1S/C12H18N4O/c1-12(2)5-8-3-4-9(6-12)16(8)11(17)10-7-13-15-14-10/h7-9H,3-6H2,1-2H3,(H,13,14,15). The Bertz CT molecular complexity index is 410. The molecule has 0 spiro atoms. The maximum Gasteiger partial charge on any atom is 0.276 e. The van der Waals surface area contributed by atoms with E-state index in [4.69, 9.17) is 0 Å². The number of fused-ring (bicyclic) bond motifs is 2. The van der Waals surface area contributed by atoms with Crippen molar-refractivity contribution in [3.63, 3.8) is 0 Å². The van der Waals surface area contributed by atoms with Gasteiger partial charge in [-0.15, -0.1) is 0 Å². The third-order valence-electron chi connectivity index (χ3n) is 4.06. The zero-order chi connectivity index (χ0) is 12.0. The van der Waals surface area contributed by atoms with Crippen LogP contribution in [-0.4, -0.2) is 38.3 Å². The number of hydrogen-bond donors (Lipinski definition) is 1. The summed E-state index contributed by atoms with van der Waals surface area (Å²) in [6.07, 6.45) is 6.00. The van der Waals surface area contributed by atoms with E-state index < -0.39 is 0 Å². The number of H-pyrrole nitrogens is 1. The van der Waals surface area contributed by atoms with Crippen molar-refractivity contribution < 1.29 is 4.79 Å². The van der Waals surface area contributed by atoms with Crippen molar-refractivity contribution in [2.24, 2.45) is 5.41 Å². The van der Waals surface area contributed by atoms with Gasteiger partial charge in [0.25, 0.3) is 5.91 Å².